The van der Waals surface area contributed by atoms with Crippen LogP contribution in [0.3, 0.4) is 0 Å². The standard InChI is InChI=1S/C18H32N2O3/c1-17(2,3)23-16(21)20-7-6-13(9-18(20,4)5)10-19-11-15-8-14(19)12-22-15/h13-15H,6-12H2,1-5H3. The average molecular weight is 324 g/mol. The van der Waals surface area contributed by atoms with Crippen LogP contribution in [0.4, 0.5) is 4.79 Å². The number of amides is 1. The van der Waals surface area contributed by atoms with Crippen LogP contribution in [-0.2, 0) is 9.47 Å². The van der Waals surface area contributed by atoms with Crippen LogP contribution in [0.1, 0.15) is 53.9 Å². The molecule has 3 atom stereocenters. The minimum Gasteiger partial charge on any atom is -0.444 e. The van der Waals surface area contributed by atoms with Crippen molar-refractivity contribution in [3.05, 3.63) is 0 Å². The molecule has 0 radical (unpaired) electrons. The molecule has 0 N–H and O–H groups in total. The number of carbonyl (C=O) groups is 1. The number of piperidine rings is 1. The molecule has 2 bridgehead atoms. The molecule has 0 saturated carbocycles. The van der Waals surface area contributed by atoms with Gasteiger partial charge in [0.05, 0.1) is 12.7 Å². The molecule has 132 valence electrons. The maximum absolute atomic E-state index is 12.5. The van der Waals surface area contributed by atoms with Gasteiger partial charge in [0.25, 0.3) is 0 Å². The van der Waals surface area contributed by atoms with Gasteiger partial charge in [0.15, 0.2) is 0 Å². The molecule has 3 rings (SSSR count). The first-order valence-corrected chi connectivity index (χ1v) is 9.00. The Morgan fingerprint density at radius 1 is 1.35 bits per heavy atom. The third-order valence-corrected chi connectivity index (χ3v) is 5.40. The van der Waals surface area contributed by atoms with E-state index in [1.165, 1.54) is 6.42 Å². The smallest absolute Gasteiger partial charge is 0.410 e. The zero-order chi connectivity index (χ0) is 16.8. The lowest BCUT2D eigenvalue weighted by molar-refractivity contribution is -0.0236. The first-order valence-electron chi connectivity index (χ1n) is 9.00. The lowest BCUT2D eigenvalue weighted by Gasteiger charge is -2.46. The van der Waals surface area contributed by atoms with Gasteiger partial charge in [0.1, 0.15) is 5.60 Å². The lowest BCUT2D eigenvalue weighted by Crippen LogP contribution is -2.55. The van der Waals surface area contributed by atoms with Crippen molar-refractivity contribution in [3.8, 4) is 0 Å². The van der Waals surface area contributed by atoms with Gasteiger partial charge in [0, 0.05) is 31.2 Å². The Kier molecular flexibility index (Phi) is 4.38. The molecule has 3 heterocycles. The zero-order valence-electron chi connectivity index (χ0n) is 15.3. The van der Waals surface area contributed by atoms with Crippen LogP contribution in [0.15, 0.2) is 0 Å². The summed E-state index contributed by atoms with van der Waals surface area (Å²) in [4.78, 5) is 17.0. The van der Waals surface area contributed by atoms with Gasteiger partial charge in [-0.2, -0.15) is 0 Å². The van der Waals surface area contributed by atoms with E-state index in [1.54, 1.807) is 0 Å². The van der Waals surface area contributed by atoms with Crippen LogP contribution in [0, 0.1) is 5.92 Å². The molecule has 3 aliphatic rings. The number of hydrogen-bond acceptors (Lipinski definition) is 4. The van der Waals surface area contributed by atoms with Gasteiger partial charge in [-0.25, -0.2) is 4.79 Å². The monoisotopic (exact) mass is 324 g/mol. The lowest BCUT2D eigenvalue weighted by atomic mass is 9.82. The summed E-state index contributed by atoms with van der Waals surface area (Å²) in [6.45, 7) is 14.1. The zero-order valence-corrected chi connectivity index (χ0v) is 15.3. The molecule has 5 heteroatoms. The summed E-state index contributed by atoms with van der Waals surface area (Å²) in [5, 5.41) is 0. The van der Waals surface area contributed by atoms with Crippen LogP contribution in [0.25, 0.3) is 0 Å². The van der Waals surface area contributed by atoms with Crippen molar-refractivity contribution in [2.75, 3.05) is 26.2 Å². The molecule has 3 fully saturated rings. The van der Waals surface area contributed by atoms with Crippen molar-refractivity contribution in [1.82, 2.24) is 9.80 Å². The van der Waals surface area contributed by atoms with E-state index in [1.807, 2.05) is 25.7 Å². The Morgan fingerprint density at radius 3 is 2.61 bits per heavy atom. The molecular weight excluding hydrogens is 292 g/mol. The summed E-state index contributed by atoms with van der Waals surface area (Å²) in [5.41, 5.74) is -0.570. The number of morpholine rings is 1. The van der Waals surface area contributed by atoms with E-state index in [4.69, 9.17) is 9.47 Å². The fraction of sp³-hybridized carbons (Fsp3) is 0.944. The normalized spacial score (nSPS) is 34.0. The summed E-state index contributed by atoms with van der Waals surface area (Å²) >= 11 is 0. The maximum Gasteiger partial charge on any atom is 0.410 e. The highest BCUT2D eigenvalue weighted by Crippen LogP contribution is 2.35. The van der Waals surface area contributed by atoms with Gasteiger partial charge in [0.2, 0.25) is 0 Å². The van der Waals surface area contributed by atoms with E-state index in [0.717, 1.165) is 39.1 Å². The molecule has 0 aromatic rings. The summed E-state index contributed by atoms with van der Waals surface area (Å²) < 4.78 is 11.3. The van der Waals surface area contributed by atoms with Crippen LogP contribution in [0.2, 0.25) is 0 Å². The van der Waals surface area contributed by atoms with Crippen LogP contribution in [0.5, 0.6) is 0 Å². The maximum atomic E-state index is 12.5. The Morgan fingerprint density at radius 2 is 2.09 bits per heavy atom. The van der Waals surface area contributed by atoms with E-state index in [-0.39, 0.29) is 11.6 Å². The molecule has 23 heavy (non-hydrogen) atoms. The molecule has 0 spiro atoms. The van der Waals surface area contributed by atoms with Crippen molar-refractivity contribution in [2.45, 2.75) is 77.2 Å². The molecule has 5 nitrogen and oxygen atoms in total. The quantitative estimate of drug-likeness (QED) is 0.783. The van der Waals surface area contributed by atoms with E-state index in [9.17, 15) is 4.79 Å². The first kappa shape index (κ1) is 17.0. The minimum absolute atomic E-state index is 0.138. The number of ether oxygens (including phenoxy) is 2. The highest BCUT2D eigenvalue weighted by Gasteiger charge is 2.43. The summed E-state index contributed by atoms with van der Waals surface area (Å²) in [5.74, 6) is 0.656. The van der Waals surface area contributed by atoms with Gasteiger partial charge in [-0.05, 0) is 59.8 Å². The van der Waals surface area contributed by atoms with Crippen molar-refractivity contribution in [1.29, 1.82) is 0 Å². The topological polar surface area (TPSA) is 42.0 Å². The van der Waals surface area contributed by atoms with Crippen molar-refractivity contribution < 1.29 is 14.3 Å². The number of fused-ring (bicyclic) bond motifs is 2. The van der Waals surface area contributed by atoms with E-state index in [2.05, 4.69) is 18.7 Å². The van der Waals surface area contributed by atoms with E-state index in [0.29, 0.717) is 18.1 Å². The predicted molar refractivity (Wildman–Crippen MR) is 89.5 cm³/mol. The second-order valence-electron chi connectivity index (χ2n) is 9.10. The molecule has 0 aromatic heterocycles. The number of carbonyl (C=O) groups excluding carboxylic acids is 1. The van der Waals surface area contributed by atoms with Gasteiger partial charge in [-0.3, -0.25) is 4.90 Å². The Balaban J connectivity index is 1.56. The molecule has 3 aliphatic heterocycles. The van der Waals surface area contributed by atoms with Gasteiger partial charge in [-0.1, -0.05) is 0 Å². The average Bonchev–Trinajstić information content (AvgIpc) is 2.97. The molecule has 0 aromatic carbocycles. The van der Waals surface area contributed by atoms with Crippen molar-refractivity contribution >= 4 is 6.09 Å². The second-order valence-corrected chi connectivity index (χ2v) is 9.10. The minimum atomic E-state index is -0.432. The molecule has 3 unspecified atom stereocenters. The first-order chi connectivity index (χ1) is 10.6. The Hall–Kier alpha value is -0.810. The SMILES string of the molecule is CC(C)(C)OC(=O)N1CCC(CN2CC3CC2CO3)CC1(C)C. The number of likely N-dealkylation sites (tertiary alicyclic amines) is 2. The third-order valence-electron chi connectivity index (χ3n) is 5.40. The molecule has 1 amide bonds. The third kappa shape index (κ3) is 3.82. The highest BCUT2D eigenvalue weighted by molar-refractivity contribution is 5.69. The molecular formula is C18H32N2O3. The molecule has 0 aliphatic carbocycles. The summed E-state index contributed by atoms with van der Waals surface area (Å²) in [7, 11) is 0. The predicted octanol–water partition coefficient (Wildman–Crippen LogP) is 2.89. The van der Waals surface area contributed by atoms with E-state index >= 15 is 0 Å². The van der Waals surface area contributed by atoms with Gasteiger partial charge >= 0.3 is 6.09 Å². The van der Waals surface area contributed by atoms with Crippen LogP contribution in [-0.4, -0.2) is 65.4 Å². The fourth-order valence-corrected chi connectivity index (χ4v) is 4.38. The van der Waals surface area contributed by atoms with Crippen LogP contribution < -0.4 is 0 Å². The van der Waals surface area contributed by atoms with Gasteiger partial charge < -0.3 is 14.4 Å². The Bertz CT molecular complexity index is 458. The summed E-state index contributed by atoms with van der Waals surface area (Å²) in [6, 6.07) is 0.631. The molecule has 3 saturated heterocycles. The van der Waals surface area contributed by atoms with Crippen molar-refractivity contribution in [3.63, 3.8) is 0 Å². The largest absolute Gasteiger partial charge is 0.444 e. The Labute approximate surface area is 140 Å². The number of nitrogens with zero attached hydrogens (tertiary/aromatic N) is 2. The number of hydrogen-bond donors (Lipinski definition) is 0. The second kappa shape index (κ2) is 5.92. The van der Waals surface area contributed by atoms with E-state index < -0.39 is 5.60 Å². The summed E-state index contributed by atoms with van der Waals surface area (Å²) in [6.07, 6.45) is 3.61. The van der Waals surface area contributed by atoms with Crippen molar-refractivity contribution in [2.24, 2.45) is 5.92 Å². The fourth-order valence-electron chi connectivity index (χ4n) is 4.38. The number of rotatable bonds is 2. The van der Waals surface area contributed by atoms with Crippen LogP contribution >= 0.6 is 0 Å². The van der Waals surface area contributed by atoms with Gasteiger partial charge in [-0.15, -0.1) is 0 Å². The highest BCUT2D eigenvalue weighted by atomic mass is 16.6.